The molecule has 0 saturated heterocycles. The second-order valence-electron chi connectivity index (χ2n) is 5.83. The summed E-state index contributed by atoms with van der Waals surface area (Å²) in [4.78, 5) is 7.25. The lowest BCUT2D eigenvalue weighted by molar-refractivity contribution is 0.534. The number of nitrogens with zero attached hydrogens (tertiary/aromatic N) is 2. The van der Waals surface area contributed by atoms with Crippen molar-refractivity contribution in [3.05, 3.63) is 11.1 Å². The normalized spacial score (nSPS) is 18.5. The molecule has 1 aromatic rings. The van der Waals surface area contributed by atoms with E-state index in [0.29, 0.717) is 12.0 Å². The maximum atomic E-state index is 5.91. The summed E-state index contributed by atoms with van der Waals surface area (Å²) < 4.78 is 0. The molecule has 4 heteroatoms. The number of hydrogen-bond acceptors (Lipinski definition) is 4. The van der Waals surface area contributed by atoms with Gasteiger partial charge in [-0.05, 0) is 25.7 Å². The van der Waals surface area contributed by atoms with Gasteiger partial charge in [-0.2, -0.15) is 0 Å². The average Bonchev–Trinajstić information content (AvgIpc) is 2.97. The van der Waals surface area contributed by atoms with Crippen molar-refractivity contribution in [2.75, 3.05) is 11.4 Å². The van der Waals surface area contributed by atoms with Gasteiger partial charge >= 0.3 is 0 Å². The lowest BCUT2D eigenvalue weighted by Gasteiger charge is -2.30. The van der Waals surface area contributed by atoms with Gasteiger partial charge in [-0.3, -0.25) is 0 Å². The van der Waals surface area contributed by atoms with Crippen LogP contribution in [0.15, 0.2) is 5.38 Å². The molecular formula is C14H25N3S. The zero-order chi connectivity index (χ0) is 13.1. The molecule has 1 fully saturated rings. The van der Waals surface area contributed by atoms with Crippen molar-refractivity contribution in [1.29, 1.82) is 0 Å². The first kappa shape index (κ1) is 13.8. The Labute approximate surface area is 114 Å². The third-order valence-corrected chi connectivity index (χ3v) is 4.45. The fraction of sp³-hybridized carbons (Fsp3) is 0.786. The molecule has 102 valence electrons. The lowest BCUT2D eigenvalue weighted by Crippen LogP contribution is -2.36. The highest BCUT2D eigenvalue weighted by Crippen LogP contribution is 2.31. The Bertz CT molecular complexity index is 367. The highest BCUT2D eigenvalue weighted by Gasteiger charge is 2.25. The number of rotatable bonds is 5. The van der Waals surface area contributed by atoms with E-state index in [-0.39, 0.29) is 6.04 Å². The standard InChI is InChI=1S/C14H25N3S/c1-10(2)8-17(12-6-4-5-7-12)14-16-13(9-18-14)11(3)15/h9-12H,4-8,15H2,1-3H3. The van der Waals surface area contributed by atoms with E-state index in [0.717, 1.165) is 12.2 Å². The van der Waals surface area contributed by atoms with Crippen molar-refractivity contribution in [1.82, 2.24) is 4.98 Å². The van der Waals surface area contributed by atoms with Gasteiger partial charge in [0, 0.05) is 24.0 Å². The van der Waals surface area contributed by atoms with Crippen LogP contribution in [0.2, 0.25) is 0 Å². The minimum atomic E-state index is 0.0412. The molecule has 0 amide bonds. The summed E-state index contributed by atoms with van der Waals surface area (Å²) in [5.41, 5.74) is 6.94. The molecule has 1 aromatic heterocycles. The maximum absolute atomic E-state index is 5.91. The molecule has 3 nitrogen and oxygen atoms in total. The first-order valence-electron chi connectivity index (χ1n) is 7.05. The van der Waals surface area contributed by atoms with Crippen molar-refractivity contribution in [2.24, 2.45) is 11.7 Å². The lowest BCUT2D eigenvalue weighted by atomic mass is 10.1. The zero-order valence-electron chi connectivity index (χ0n) is 11.7. The Morgan fingerprint density at radius 1 is 1.39 bits per heavy atom. The molecule has 1 saturated carbocycles. The molecule has 0 radical (unpaired) electrons. The molecule has 0 aliphatic heterocycles. The van der Waals surface area contributed by atoms with Gasteiger partial charge in [0.25, 0.3) is 0 Å². The fourth-order valence-corrected chi connectivity index (χ4v) is 3.62. The topological polar surface area (TPSA) is 42.2 Å². The smallest absolute Gasteiger partial charge is 0.185 e. The molecule has 1 unspecified atom stereocenters. The van der Waals surface area contributed by atoms with E-state index in [9.17, 15) is 0 Å². The summed E-state index contributed by atoms with van der Waals surface area (Å²) in [5, 5.41) is 3.28. The largest absolute Gasteiger partial charge is 0.345 e. The molecule has 1 atom stereocenters. The van der Waals surface area contributed by atoms with Gasteiger partial charge in [0.05, 0.1) is 5.69 Å². The SMILES string of the molecule is CC(C)CN(c1nc(C(C)N)cs1)C1CCCC1. The van der Waals surface area contributed by atoms with Crippen LogP contribution in [0.3, 0.4) is 0 Å². The van der Waals surface area contributed by atoms with Crippen LogP contribution >= 0.6 is 11.3 Å². The van der Waals surface area contributed by atoms with E-state index in [1.165, 1.54) is 30.8 Å². The molecule has 1 aliphatic rings. The van der Waals surface area contributed by atoms with Crippen molar-refractivity contribution in [3.63, 3.8) is 0 Å². The maximum Gasteiger partial charge on any atom is 0.185 e. The predicted octanol–water partition coefficient (Wildman–Crippen LogP) is 3.57. The van der Waals surface area contributed by atoms with Gasteiger partial charge < -0.3 is 10.6 Å². The molecule has 0 spiro atoms. The molecule has 2 N–H and O–H groups in total. The van der Waals surface area contributed by atoms with E-state index in [1.54, 1.807) is 11.3 Å². The van der Waals surface area contributed by atoms with Gasteiger partial charge in [0.2, 0.25) is 0 Å². The molecule has 18 heavy (non-hydrogen) atoms. The van der Waals surface area contributed by atoms with Crippen molar-refractivity contribution in [3.8, 4) is 0 Å². The summed E-state index contributed by atoms with van der Waals surface area (Å²) in [7, 11) is 0. The third-order valence-electron chi connectivity index (χ3n) is 3.55. The number of thiazole rings is 1. The summed E-state index contributed by atoms with van der Waals surface area (Å²) in [6.07, 6.45) is 5.37. The Hall–Kier alpha value is -0.610. The molecule has 1 aliphatic carbocycles. The zero-order valence-corrected chi connectivity index (χ0v) is 12.5. The number of hydrogen-bond donors (Lipinski definition) is 1. The van der Waals surface area contributed by atoms with E-state index in [2.05, 4.69) is 24.1 Å². The Morgan fingerprint density at radius 2 is 2.06 bits per heavy atom. The summed E-state index contributed by atoms with van der Waals surface area (Å²) in [6, 6.07) is 0.735. The highest BCUT2D eigenvalue weighted by molar-refractivity contribution is 7.13. The number of aromatic nitrogens is 1. The first-order valence-corrected chi connectivity index (χ1v) is 7.93. The number of anilines is 1. The van der Waals surface area contributed by atoms with Crippen LogP contribution in [0.4, 0.5) is 5.13 Å². The highest BCUT2D eigenvalue weighted by atomic mass is 32.1. The van der Waals surface area contributed by atoms with Crippen molar-refractivity contribution < 1.29 is 0 Å². The van der Waals surface area contributed by atoms with Gasteiger partial charge in [-0.15, -0.1) is 11.3 Å². The second kappa shape index (κ2) is 6.02. The van der Waals surface area contributed by atoms with Crippen LogP contribution in [-0.4, -0.2) is 17.6 Å². The molecule has 0 aromatic carbocycles. The minimum Gasteiger partial charge on any atom is -0.345 e. The van der Waals surface area contributed by atoms with Crippen LogP contribution in [0.1, 0.15) is 58.2 Å². The van der Waals surface area contributed by atoms with E-state index in [1.807, 2.05) is 6.92 Å². The third kappa shape index (κ3) is 3.23. The van der Waals surface area contributed by atoms with Crippen molar-refractivity contribution >= 4 is 16.5 Å². The molecule has 2 rings (SSSR count). The quantitative estimate of drug-likeness (QED) is 0.887. The van der Waals surface area contributed by atoms with Gasteiger partial charge in [-0.25, -0.2) is 4.98 Å². The minimum absolute atomic E-state index is 0.0412. The first-order chi connectivity index (χ1) is 8.58. The van der Waals surface area contributed by atoms with E-state index in [4.69, 9.17) is 10.7 Å². The molecular weight excluding hydrogens is 242 g/mol. The predicted molar refractivity (Wildman–Crippen MR) is 79.2 cm³/mol. The molecule has 0 bridgehead atoms. The Balaban J connectivity index is 2.15. The Morgan fingerprint density at radius 3 is 2.56 bits per heavy atom. The van der Waals surface area contributed by atoms with Crippen molar-refractivity contribution in [2.45, 2.75) is 58.5 Å². The summed E-state index contributed by atoms with van der Waals surface area (Å²) in [5.74, 6) is 0.674. The van der Waals surface area contributed by atoms with E-state index < -0.39 is 0 Å². The monoisotopic (exact) mass is 267 g/mol. The second-order valence-corrected chi connectivity index (χ2v) is 6.66. The van der Waals surface area contributed by atoms with E-state index >= 15 is 0 Å². The van der Waals surface area contributed by atoms with Crippen LogP contribution < -0.4 is 10.6 Å². The molecule has 1 heterocycles. The van der Waals surface area contributed by atoms with Gasteiger partial charge in [0.1, 0.15) is 0 Å². The Kier molecular flexibility index (Phi) is 4.62. The summed E-state index contributed by atoms with van der Waals surface area (Å²) >= 11 is 1.75. The fourth-order valence-electron chi connectivity index (χ4n) is 2.61. The van der Waals surface area contributed by atoms with Crippen LogP contribution in [-0.2, 0) is 0 Å². The van der Waals surface area contributed by atoms with Gasteiger partial charge in [0.15, 0.2) is 5.13 Å². The van der Waals surface area contributed by atoms with Crippen LogP contribution in [0.5, 0.6) is 0 Å². The van der Waals surface area contributed by atoms with Crippen LogP contribution in [0.25, 0.3) is 0 Å². The van der Waals surface area contributed by atoms with Crippen LogP contribution in [0, 0.1) is 5.92 Å². The average molecular weight is 267 g/mol. The number of nitrogens with two attached hydrogens (primary N) is 1. The summed E-state index contributed by atoms with van der Waals surface area (Å²) in [6.45, 7) is 7.67. The van der Waals surface area contributed by atoms with Gasteiger partial charge in [-0.1, -0.05) is 26.7 Å².